The third-order valence-electron chi connectivity index (χ3n) is 2.28. The number of carbonyl (C=O) groups excluding carboxylic acids is 2. The molecule has 4 N–H and O–H groups in total. The van der Waals surface area contributed by atoms with Crippen LogP contribution in [0.25, 0.3) is 6.08 Å². The van der Waals surface area contributed by atoms with Crippen LogP contribution in [0.4, 0.5) is 0 Å². The number of benzene rings is 1. The molecule has 1 aromatic carbocycles. The number of nitrogens with one attached hydrogen (secondary N) is 1. The summed E-state index contributed by atoms with van der Waals surface area (Å²) >= 11 is 0. The van der Waals surface area contributed by atoms with Crippen LogP contribution in [0, 0.1) is 0 Å². The lowest BCUT2D eigenvalue weighted by atomic mass is 10.1. The van der Waals surface area contributed by atoms with Crippen LogP contribution in [-0.4, -0.2) is 29.6 Å². The first-order valence-electron chi connectivity index (χ1n) is 5.52. The van der Waals surface area contributed by atoms with E-state index in [0.29, 0.717) is 5.56 Å². The van der Waals surface area contributed by atoms with E-state index < -0.39 is 5.91 Å². The Morgan fingerprint density at radius 1 is 1.39 bits per heavy atom. The zero-order chi connectivity index (χ0) is 13.5. The minimum atomic E-state index is -0.486. The lowest BCUT2D eigenvalue weighted by Crippen LogP contribution is -2.33. The van der Waals surface area contributed by atoms with E-state index in [2.05, 4.69) is 5.32 Å². The van der Waals surface area contributed by atoms with Crippen LogP contribution in [0.2, 0.25) is 0 Å². The van der Waals surface area contributed by atoms with Crippen LogP contribution >= 0.6 is 0 Å². The summed E-state index contributed by atoms with van der Waals surface area (Å²) in [6.07, 6.45) is 2.98. The topological polar surface area (TPSA) is 92.4 Å². The summed E-state index contributed by atoms with van der Waals surface area (Å²) in [5.74, 6) is -0.768. The molecule has 1 atom stereocenters. The van der Waals surface area contributed by atoms with E-state index in [9.17, 15) is 9.59 Å². The summed E-state index contributed by atoms with van der Waals surface area (Å²) in [5, 5.41) is 11.3. The van der Waals surface area contributed by atoms with Crippen molar-refractivity contribution in [1.82, 2.24) is 5.32 Å². The van der Waals surface area contributed by atoms with Crippen molar-refractivity contribution in [3.05, 3.63) is 41.5 Å². The number of aliphatic hydroxyl groups is 1. The Bertz CT molecular complexity index is 452. The van der Waals surface area contributed by atoms with E-state index in [4.69, 9.17) is 10.8 Å². The number of hydrogen-bond acceptors (Lipinski definition) is 3. The highest BCUT2D eigenvalue weighted by atomic mass is 16.3. The van der Waals surface area contributed by atoms with Gasteiger partial charge in [-0.2, -0.15) is 0 Å². The lowest BCUT2D eigenvalue weighted by molar-refractivity contribution is -0.117. The normalized spacial score (nSPS) is 12.3. The first-order valence-corrected chi connectivity index (χ1v) is 5.52. The molecule has 5 nitrogen and oxygen atoms in total. The van der Waals surface area contributed by atoms with Gasteiger partial charge in [0.25, 0.3) is 0 Å². The number of amides is 2. The second-order valence-corrected chi connectivity index (χ2v) is 3.91. The Morgan fingerprint density at radius 3 is 2.50 bits per heavy atom. The van der Waals surface area contributed by atoms with Crippen molar-refractivity contribution in [3.63, 3.8) is 0 Å². The minimum Gasteiger partial charge on any atom is -0.394 e. The minimum absolute atomic E-state index is 0.104. The number of rotatable bonds is 5. The molecule has 2 amide bonds. The summed E-state index contributed by atoms with van der Waals surface area (Å²) in [4.78, 5) is 22.2. The van der Waals surface area contributed by atoms with Gasteiger partial charge in [0, 0.05) is 17.7 Å². The summed E-state index contributed by atoms with van der Waals surface area (Å²) in [6.45, 7) is 1.60. The van der Waals surface area contributed by atoms with Gasteiger partial charge in [0.1, 0.15) is 0 Å². The van der Waals surface area contributed by atoms with Crippen LogP contribution in [0.15, 0.2) is 30.3 Å². The first-order chi connectivity index (χ1) is 8.52. The number of carbonyl (C=O) groups is 2. The molecule has 0 bridgehead atoms. The van der Waals surface area contributed by atoms with Crippen molar-refractivity contribution in [2.45, 2.75) is 13.0 Å². The van der Waals surface area contributed by atoms with Crippen molar-refractivity contribution in [2.24, 2.45) is 5.73 Å². The van der Waals surface area contributed by atoms with Crippen LogP contribution in [0.1, 0.15) is 22.8 Å². The van der Waals surface area contributed by atoms with Crippen molar-refractivity contribution in [1.29, 1.82) is 0 Å². The van der Waals surface area contributed by atoms with Gasteiger partial charge in [-0.1, -0.05) is 12.1 Å². The van der Waals surface area contributed by atoms with Crippen LogP contribution < -0.4 is 11.1 Å². The second-order valence-electron chi connectivity index (χ2n) is 3.91. The third-order valence-corrected chi connectivity index (χ3v) is 2.28. The van der Waals surface area contributed by atoms with E-state index in [1.54, 1.807) is 37.3 Å². The van der Waals surface area contributed by atoms with Crippen LogP contribution in [0.5, 0.6) is 0 Å². The van der Waals surface area contributed by atoms with Crippen LogP contribution in [-0.2, 0) is 4.79 Å². The van der Waals surface area contributed by atoms with Crippen molar-refractivity contribution < 1.29 is 14.7 Å². The number of nitrogens with two attached hydrogens (primary N) is 1. The summed E-state index contributed by atoms with van der Waals surface area (Å²) in [6, 6.07) is 6.30. The fourth-order valence-electron chi connectivity index (χ4n) is 1.27. The Hall–Kier alpha value is -2.14. The largest absolute Gasteiger partial charge is 0.394 e. The number of hydrogen-bond donors (Lipinski definition) is 3. The van der Waals surface area contributed by atoms with E-state index in [1.165, 1.54) is 6.08 Å². The molecule has 0 fully saturated rings. The van der Waals surface area contributed by atoms with Crippen molar-refractivity contribution >= 4 is 17.9 Å². The molecule has 18 heavy (non-hydrogen) atoms. The molecule has 0 spiro atoms. The molecule has 1 aromatic rings. The maximum Gasteiger partial charge on any atom is 0.248 e. The fraction of sp³-hybridized carbons (Fsp3) is 0.231. The average molecular weight is 248 g/mol. The quantitative estimate of drug-likeness (QED) is 0.654. The third kappa shape index (κ3) is 4.39. The standard InChI is InChI=1S/C13H16N2O3/c1-9(8-16)15-12(17)7-4-10-2-5-11(6-3-10)13(14)18/h2-7,9,16H,8H2,1H3,(H2,14,18)(H,15,17)/t9-/m1/s1. The molecule has 0 unspecified atom stereocenters. The van der Waals surface area contributed by atoms with Gasteiger partial charge >= 0.3 is 0 Å². The predicted molar refractivity (Wildman–Crippen MR) is 68.7 cm³/mol. The zero-order valence-electron chi connectivity index (χ0n) is 10.1. The number of aliphatic hydroxyl groups excluding tert-OH is 1. The zero-order valence-corrected chi connectivity index (χ0v) is 10.1. The van der Waals surface area contributed by atoms with Gasteiger partial charge in [0.05, 0.1) is 6.61 Å². The van der Waals surface area contributed by atoms with Crippen LogP contribution in [0.3, 0.4) is 0 Å². The molecule has 0 aliphatic carbocycles. The predicted octanol–water partition coefficient (Wildman–Crippen LogP) is 0.296. The maximum absolute atomic E-state index is 11.4. The highest BCUT2D eigenvalue weighted by Crippen LogP contribution is 2.05. The molecular weight excluding hydrogens is 232 g/mol. The van der Waals surface area contributed by atoms with Crippen molar-refractivity contribution in [3.8, 4) is 0 Å². The summed E-state index contributed by atoms with van der Waals surface area (Å²) in [5.41, 5.74) is 6.32. The van der Waals surface area contributed by atoms with E-state index in [-0.39, 0.29) is 18.6 Å². The molecule has 96 valence electrons. The smallest absolute Gasteiger partial charge is 0.248 e. The van der Waals surface area contributed by atoms with E-state index in [0.717, 1.165) is 5.56 Å². The molecule has 0 heterocycles. The Labute approximate surface area is 105 Å². The molecule has 0 aliphatic rings. The summed E-state index contributed by atoms with van der Waals surface area (Å²) < 4.78 is 0. The molecule has 0 saturated heterocycles. The van der Waals surface area contributed by atoms with Gasteiger partial charge in [0.15, 0.2) is 0 Å². The van der Waals surface area contributed by atoms with Gasteiger partial charge in [-0.3, -0.25) is 9.59 Å². The molecular formula is C13H16N2O3. The van der Waals surface area contributed by atoms with Crippen molar-refractivity contribution in [2.75, 3.05) is 6.61 Å². The molecule has 0 saturated carbocycles. The highest BCUT2D eigenvalue weighted by molar-refractivity contribution is 5.94. The van der Waals surface area contributed by atoms with Gasteiger partial charge in [-0.25, -0.2) is 0 Å². The van der Waals surface area contributed by atoms with E-state index in [1.807, 2.05) is 0 Å². The van der Waals surface area contributed by atoms with Gasteiger partial charge in [0.2, 0.25) is 11.8 Å². The molecule has 0 aliphatic heterocycles. The monoisotopic (exact) mass is 248 g/mol. The second kappa shape index (κ2) is 6.56. The first kappa shape index (κ1) is 13.9. The van der Waals surface area contributed by atoms with Gasteiger partial charge < -0.3 is 16.2 Å². The van der Waals surface area contributed by atoms with Gasteiger partial charge in [-0.05, 0) is 30.7 Å². The Balaban J connectivity index is 2.61. The SMILES string of the molecule is C[C@H](CO)NC(=O)C=Cc1ccc(C(N)=O)cc1. The average Bonchev–Trinajstić information content (AvgIpc) is 2.36. The molecule has 0 radical (unpaired) electrons. The summed E-state index contributed by atoms with van der Waals surface area (Å²) in [7, 11) is 0. The molecule has 0 aromatic heterocycles. The lowest BCUT2D eigenvalue weighted by Gasteiger charge is -2.07. The Kier molecular flexibility index (Phi) is 5.07. The highest BCUT2D eigenvalue weighted by Gasteiger charge is 2.02. The molecule has 1 rings (SSSR count). The Morgan fingerprint density at radius 2 is 2.00 bits per heavy atom. The maximum atomic E-state index is 11.4. The number of primary amides is 1. The van der Waals surface area contributed by atoms with Gasteiger partial charge in [-0.15, -0.1) is 0 Å². The fourth-order valence-corrected chi connectivity index (χ4v) is 1.27. The molecule has 5 heteroatoms. The van der Waals surface area contributed by atoms with E-state index >= 15 is 0 Å².